The number of likely N-dealkylation sites (tertiary alicyclic amines) is 1. The zero-order chi connectivity index (χ0) is 27.7. The number of anilines is 2. The van der Waals surface area contributed by atoms with E-state index in [1.54, 1.807) is 13.1 Å². The number of aryl methyl sites for hydroxylation is 1. The van der Waals surface area contributed by atoms with E-state index >= 15 is 0 Å². The van der Waals surface area contributed by atoms with Gasteiger partial charge in [0.1, 0.15) is 29.4 Å². The highest BCUT2D eigenvalue weighted by Crippen LogP contribution is 2.36. The molecule has 0 spiro atoms. The van der Waals surface area contributed by atoms with Crippen LogP contribution in [0.25, 0.3) is 11.3 Å². The molecule has 5 rings (SSSR count). The molecule has 0 atom stereocenters. The van der Waals surface area contributed by atoms with Gasteiger partial charge in [0, 0.05) is 50.9 Å². The summed E-state index contributed by atoms with van der Waals surface area (Å²) in [7, 11) is 1.67. The van der Waals surface area contributed by atoms with Crippen LogP contribution in [0.3, 0.4) is 0 Å². The first-order chi connectivity index (χ1) is 18.7. The van der Waals surface area contributed by atoms with Crippen LogP contribution in [0.5, 0.6) is 0 Å². The number of primary amides is 1. The lowest BCUT2D eigenvalue weighted by molar-refractivity contribution is -0.138. The summed E-state index contributed by atoms with van der Waals surface area (Å²) in [4.78, 5) is 29.9. The third-order valence-electron chi connectivity index (χ3n) is 7.72. The maximum Gasteiger partial charge on any atom is 0.416 e. The summed E-state index contributed by atoms with van der Waals surface area (Å²) >= 11 is 0. The molecule has 4 heterocycles. The van der Waals surface area contributed by atoms with Gasteiger partial charge in [-0.25, -0.2) is 15.0 Å². The topological polar surface area (TPSA) is 105 Å². The summed E-state index contributed by atoms with van der Waals surface area (Å²) in [5.74, 6) is 1.28. The zero-order valence-corrected chi connectivity index (χ0v) is 22.1. The number of carbonyl (C=O) groups is 1. The van der Waals surface area contributed by atoms with Gasteiger partial charge in [-0.1, -0.05) is 12.1 Å². The number of carbonyl (C=O) groups excluding carboxylic acids is 1. The molecule has 0 bridgehead atoms. The molecule has 208 valence electrons. The van der Waals surface area contributed by atoms with E-state index in [9.17, 15) is 18.0 Å². The second kappa shape index (κ2) is 10.8. The normalized spacial score (nSPS) is 16.8. The minimum absolute atomic E-state index is 0.113. The van der Waals surface area contributed by atoms with Crippen molar-refractivity contribution in [1.82, 2.24) is 24.4 Å². The first-order valence-corrected chi connectivity index (χ1v) is 13.2. The number of imidazole rings is 1. The van der Waals surface area contributed by atoms with Crippen molar-refractivity contribution in [1.29, 1.82) is 0 Å². The van der Waals surface area contributed by atoms with Gasteiger partial charge < -0.3 is 25.4 Å². The Balaban J connectivity index is 1.41. The fourth-order valence-corrected chi connectivity index (χ4v) is 5.40. The lowest BCUT2D eigenvalue weighted by atomic mass is 9.95. The molecule has 39 heavy (non-hydrogen) atoms. The first kappa shape index (κ1) is 26.9. The number of hydrogen-bond acceptors (Lipinski definition) is 7. The van der Waals surface area contributed by atoms with Gasteiger partial charge in [0.15, 0.2) is 0 Å². The Bertz CT molecular complexity index is 1340. The Morgan fingerprint density at radius 1 is 1.13 bits per heavy atom. The Morgan fingerprint density at radius 2 is 1.87 bits per heavy atom. The highest BCUT2D eigenvalue weighted by molar-refractivity contribution is 6.02. The van der Waals surface area contributed by atoms with Crippen molar-refractivity contribution in [2.24, 2.45) is 5.73 Å². The van der Waals surface area contributed by atoms with E-state index in [0.29, 0.717) is 36.0 Å². The minimum atomic E-state index is -4.42. The first-order valence-electron chi connectivity index (χ1n) is 13.2. The number of nitrogens with one attached hydrogen (secondary N) is 1. The number of nitrogens with two attached hydrogens (primary N) is 1. The number of hydrogen-bond donors (Lipinski definition) is 2. The number of piperidine rings is 1. The molecule has 0 unspecified atom stereocenters. The smallest absolute Gasteiger partial charge is 0.372 e. The summed E-state index contributed by atoms with van der Waals surface area (Å²) in [6.45, 7) is 6.46. The number of rotatable bonds is 8. The van der Waals surface area contributed by atoms with Crippen molar-refractivity contribution >= 4 is 17.5 Å². The number of benzene rings is 1. The highest BCUT2D eigenvalue weighted by atomic mass is 19.4. The molecular weight excluding hydrogens is 509 g/mol. The van der Waals surface area contributed by atoms with Crippen molar-refractivity contribution in [3.05, 3.63) is 53.2 Å². The van der Waals surface area contributed by atoms with E-state index in [1.807, 2.05) is 11.1 Å². The molecule has 2 aromatic heterocycles. The van der Waals surface area contributed by atoms with Gasteiger partial charge in [0.2, 0.25) is 0 Å². The van der Waals surface area contributed by atoms with Crippen LogP contribution in [0.1, 0.15) is 52.5 Å². The Kier molecular flexibility index (Phi) is 7.48. The molecule has 0 saturated carbocycles. The SMILES string of the molecule is CNc1ncnc(N2CCC(c3nc(-c4ccc(C)c(C(F)(F)F)c4)cn3CCN3CCC3)CC2)c1C(N)=O. The van der Waals surface area contributed by atoms with Crippen LogP contribution in [0.4, 0.5) is 24.8 Å². The largest absolute Gasteiger partial charge is 0.416 e. The van der Waals surface area contributed by atoms with Crippen molar-refractivity contribution in [2.75, 3.05) is 50.0 Å². The van der Waals surface area contributed by atoms with E-state index in [0.717, 1.165) is 44.8 Å². The molecule has 0 radical (unpaired) electrons. The van der Waals surface area contributed by atoms with Gasteiger partial charge in [0.05, 0.1) is 11.3 Å². The van der Waals surface area contributed by atoms with Gasteiger partial charge in [0.25, 0.3) is 5.91 Å². The van der Waals surface area contributed by atoms with Gasteiger partial charge in [-0.3, -0.25) is 4.79 Å². The van der Waals surface area contributed by atoms with Crippen LogP contribution >= 0.6 is 0 Å². The summed E-state index contributed by atoms with van der Waals surface area (Å²) in [5, 5.41) is 2.90. The number of halogens is 3. The van der Waals surface area contributed by atoms with Crippen molar-refractivity contribution in [3.63, 3.8) is 0 Å². The predicted octanol–water partition coefficient (Wildman–Crippen LogP) is 3.90. The summed E-state index contributed by atoms with van der Waals surface area (Å²) < 4.78 is 42.9. The quantitative estimate of drug-likeness (QED) is 0.445. The highest BCUT2D eigenvalue weighted by Gasteiger charge is 2.33. The second-order valence-corrected chi connectivity index (χ2v) is 10.2. The maximum atomic E-state index is 13.6. The van der Waals surface area contributed by atoms with E-state index < -0.39 is 17.6 Å². The Morgan fingerprint density at radius 3 is 2.49 bits per heavy atom. The van der Waals surface area contributed by atoms with Crippen LogP contribution in [-0.4, -0.2) is 70.1 Å². The third-order valence-corrected chi connectivity index (χ3v) is 7.72. The van der Waals surface area contributed by atoms with Crippen molar-refractivity contribution in [3.8, 4) is 11.3 Å². The molecule has 2 fully saturated rings. The molecule has 12 heteroatoms. The third kappa shape index (κ3) is 5.56. The molecule has 2 aliphatic heterocycles. The van der Waals surface area contributed by atoms with E-state index in [-0.39, 0.29) is 17.0 Å². The summed E-state index contributed by atoms with van der Waals surface area (Å²) in [6, 6.07) is 4.41. The molecule has 2 aliphatic rings. The van der Waals surface area contributed by atoms with E-state index in [1.165, 1.54) is 31.8 Å². The van der Waals surface area contributed by atoms with E-state index in [4.69, 9.17) is 10.7 Å². The molecule has 3 N–H and O–H groups in total. The molecular formula is C27H33F3N8O. The average Bonchev–Trinajstić information content (AvgIpc) is 3.31. The van der Waals surface area contributed by atoms with Crippen molar-refractivity contribution < 1.29 is 18.0 Å². The molecule has 2 saturated heterocycles. The number of alkyl halides is 3. The van der Waals surface area contributed by atoms with Gasteiger partial charge >= 0.3 is 6.18 Å². The van der Waals surface area contributed by atoms with Crippen LogP contribution in [0.2, 0.25) is 0 Å². The molecule has 9 nitrogen and oxygen atoms in total. The monoisotopic (exact) mass is 542 g/mol. The number of aromatic nitrogens is 4. The predicted molar refractivity (Wildman–Crippen MR) is 143 cm³/mol. The van der Waals surface area contributed by atoms with Crippen LogP contribution in [0, 0.1) is 6.92 Å². The number of nitrogens with zero attached hydrogens (tertiary/aromatic N) is 6. The van der Waals surface area contributed by atoms with Gasteiger partial charge in [-0.15, -0.1) is 0 Å². The zero-order valence-electron chi connectivity index (χ0n) is 22.1. The molecule has 1 amide bonds. The maximum absolute atomic E-state index is 13.6. The summed E-state index contributed by atoms with van der Waals surface area (Å²) in [5.41, 5.74) is 6.46. The van der Waals surface area contributed by atoms with Crippen LogP contribution < -0.4 is 16.0 Å². The molecule has 1 aromatic carbocycles. The molecule has 0 aliphatic carbocycles. The van der Waals surface area contributed by atoms with Gasteiger partial charge in [-0.2, -0.15) is 13.2 Å². The second-order valence-electron chi connectivity index (χ2n) is 10.2. The molecule has 3 aromatic rings. The number of amides is 1. The van der Waals surface area contributed by atoms with Crippen LogP contribution in [0.15, 0.2) is 30.7 Å². The Hall–Kier alpha value is -3.67. The minimum Gasteiger partial charge on any atom is -0.372 e. The standard InChI is InChI=1S/C27H33F3N8O/c1-17-4-5-19(14-20(17)27(28,29)30)21-15-38(13-12-36-8-3-9-36)25(35-21)18-6-10-37(11-7-18)26-22(23(31)39)24(32-2)33-16-34-26/h4-5,14-16,18H,3,6-13H2,1-2H3,(H2,31,39)(H,32,33,34). The Labute approximate surface area is 225 Å². The van der Waals surface area contributed by atoms with Gasteiger partial charge in [-0.05, 0) is 50.9 Å². The van der Waals surface area contributed by atoms with E-state index in [2.05, 4.69) is 24.8 Å². The lowest BCUT2D eigenvalue weighted by Gasteiger charge is -2.34. The average molecular weight is 543 g/mol. The fraction of sp³-hybridized carbons (Fsp3) is 0.481. The summed E-state index contributed by atoms with van der Waals surface area (Å²) in [6.07, 6.45) is 1.56. The lowest BCUT2D eigenvalue weighted by Crippen LogP contribution is -2.39. The van der Waals surface area contributed by atoms with Crippen molar-refractivity contribution in [2.45, 2.75) is 44.8 Å². The van der Waals surface area contributed by atoms with Crippen LogP contribution in [-0.2, 0) is 12.7 Å². The fourth-order valence-electron chi connectivity index (χ4n) is 5.40.